The summed E-state index contributed by atoms with van der Waals surface area (Å²) in [6, 6.07) is 12.0. The summed E-state index contributed by atoms with van der Waals surface area (Å²) < 4.78 is 22.6. The third kappa shape index (κ3) is 4.65. The number of phenols is 1. The predicted octanol–water partition coefficient (Wildman–Crippen LogP) is 5.23. The van der Waals surface area contributed by atoms with Crippen molar-refractivity contribution in [1.29, 1.82) is 0 Å². The van der Waals surface area contributed by atoms with Gasteiger partial charge < -0.3 is 19.0 Å². The summed E-state index contributed by atoms with van der Waals surface area (Å²) in [4.78, 5) is 18.2. The van der Waals surface area contributed by atoms with Crippen molar-refractivity contribution in [3.05, 3.63) is 82.0 Å². The third-order valence-electron chi connectivity index (χ3n) is 6.46. The predicted molar refractivity (Wildman–Crippen MR) is 144 cm³/mol. The van der Waals surface area contributed by atoms with Gasteiger partial charge in [-0.25, -0.2) is 14.0 Å². The van der Waals surface area contributed by atoms with Gasteiger partial charge in [-0.2, -0.15) is 0 Å². The molecule has 0 radical (unpaired) electrons. The Kier molecular flexibility index (Phi) is 7.11. The smallest absolute Gasteiger partial charge is 0.341 e. The Morgan fingerprint density at radius 3 is 2.69 bits per heavy atom. The van der Waals surface area contributed by atoms with Crippen LogP contribution in [0.4, 0.5) is 0 Å². The molecule has 1 N–H and O–H groups in total. The van der Waals surface area contributed by atoms with Crippen LogP contribution < -0.4 is 0 Å². The Bertz CT molecular complexity index is 1470. The maximum absolute atomic E-state index is 13.5. The minimum Gasteiger partial charge on any atom is -0.506 e. The van der Waals surface area contributed by atoms with Gasteiger partial charge in [0, 0.05) is 29.4 Å². The van der Waals surface area contributed by atoms with Crippen LogP contribution in [0.25, 0.3) is 10.9 Å². The first-order valence-electron chi connectivity index (χ1n) is 11.9. The highest BCUT2D eigenvalue weighted by molar-refractivity contribution is 9.10. The number of phenolic OH excluding ortho intramolecular Hbond substituents is 1. The van der Waals surface area contributed by atoms with Crippen molar-refractivity contribution in [2.45, 2.75) is 45.2 Å². The molecule has 0 spiro atoms. The minimum atomic E-state index is -0.489. The summed E-state index contributed by atoms with van der Waals surface area (Å²) in [6.45, 7) is 2.28. The molecule has 2 heterocycles. The van der Waals surface area contributed by atoms with Gasteiger partial charge in [0.05, 0.1) is 56.8 Å². The quantitative estimate of drug-likeness (QED) is 0.170. The van der Waals surface area contributed by atoms with Gasteiger partial charge in [-0.1, -0.05) is 30.3 Å². The molecule has 0 amide bonds. The third-order valence-corrected chi connectivity index (χ3v) is 7.66. The number of nitrogens with zero attached hydrogens (tertiary/aromatic N) is 3. The Hall–Kier alpha value is -3.17. The number of carbonyl (C=O) groups excluding carboxylic acids is 1. The largest absolute Gasteiger partial charge is 0.506 e. The normalized spacial score (nSPS) is 13.2. The molecule has 1 fully saturated rings. The molecule has 186 valence electrons. The number of carbonyl (C=O) groups is 1. The van der Waals surface area contributed by atoms with E-state index in [9.17, 15) is 14.1 Å². The highest BCUT2D eigenvalue weighted by Crippen LogP contribution is 2.46. The molecule has 0 aliphatic heterocycles. The zero-order valence-corrected chi connectivity index (χ0v) is 22.2. The molecular formula is C27H26BrN3O4S. The van der Waals surface area contributed by atoms with E-state index in [4.69, 9.17) is 4.74 Å². The van der Waals surface area contributed by atoms with Gasteiger partial charge >= 0.3 is 5.97 Å². The summed E-state index contributed by atoms with van der Waals surface area (Å²) in [5, 5.41) is 11.7. The first-order valence-corrected chi connectivity index (χ1v) is 13.5. The number of rotatable bonds is 9. The van der Waals surface area contributed by atoms with Crippen molar-refractivity contribution in [3.63, 3.8) is 0 Å². The van der Waals surface area contributed by atoms with Crippen LogP contribution in [0.3, 0.4) is 0 Å². The van der Waals surface area contributed by atoms with Gasteiger partial charge in [0.15, 0.2) is 0 Å². The lowest BCUT2D eigenvalue weighted by Crippen LogP contribution is -2.16. The standard InChI is InChI=1S/C27H26BrN3O4S/c1-2-35-27(33)24-23-19(15-30-13-12-29-16-30)26(32)20(28)14-21(23)31(18-9-10-18)25(24)22(36-34)11-8-17-6-4-3-5-7-17/h3-7,12-14,16,18,32H,2,8-11,15H2,1H3. The first-order chi connectivity index (χ1) is 17.5. The molecule has 2 aromatic carbocycles. The Balaban J connectivity index is 1.76. The second kappa shape index (κ2) is 10.4. The zero-order chi connectivity index (χ0) is 25.2. The topological polar surface area (TPSA) is 86.4 Å². The lowest BCUT2D eigenvalue weighted by atomic mass is 10.0. The van der Waals surface area contributed by atoms with Crippen LogP contribution in [-0.2, 0) is 29.0 Å². The zero-order valence-electron chi connectivity index (χ0n) is 19.8. The fraction of sp³-hybridized carbons (Fsp3) is 0.296. The fourth-order valence-corrected chi connectivity index (χ4v) is 5.63. The lowest BCUT2D eigenvalue weighted by Gasteiger charge is -2.12. The monoisotopic (exact) mass is 567 g/mol. The minimum absolute atomic E-state index is 0.0573. The molecule has 0 bridgehead atoms. The van der Waals surface area contributed by atoms with Gasteiger partial charge in [0.25, 0.3) is 0 Å². The molecule has 1 saturated carbocycles. The van der Waals surface area contributed by atoms with Crippen molar-refractivity contribution in [2.75, 3.05) is 6.61 Å². The van der Waals surface area contributed by atoms with Gasteiger partial charge in [0.2, 0.25) is 0 Å². The lowest BCUT2D eigenvalue weighted by molar-refractivity contribution is 0.0528. The van der Waals surface area contributed by atoms with Crippen LogP contribution in [0.2, 0.25) is 0 Å². The molecule has 0 atom stereocenters. The van der Waals surface area contributed by atoms with Crippen LogP contribution in [0, 0.1) is 0 Å². The Labute approximate surface area is 220 Å². The average Bonchev–Trinajstić information content (AvgIpc) is 3.48. The number of aromatic hydroxyl groups is 1. The maximum Gasteiger partial charge on any atom is 0.341 e. The van der Waals surface area contributed by atoms with Gasteiger partial charge in [-0.3, -0.25) is 0 Å². The van der Waals surface area contributed by atoms with E-state index in [0.717, 1.165) is 23.9 Å². The van der Waals surface area contributed by atoms with Crippen LogP contribution in [-0.4, -0.2) is 40.9 Å². The number of aryl methyl sites for hydroxylation is 1. The molecular weight excluding hydrogens is 542 g/mol. The van der Waals surface area contributed by atoms with E-state index in [1.165, 1.54) is 0 Å². The van der Waals surface area contributed by atoms with E-state index >= 15 is 0 Å². The van der Waals surface area contributed by atoms with Crippen LogP contribution in [0.1, 0.15) is 59.4 Å². The molecule has 1 aliphatic carbocycles. The number of benzene rings is 2. The second-order valence-corrected chi connectivity index (χ2v) is 10.4. The number of hydrogen-bond donors (Lipinski definition) is 1. The van der Waals surface area contributed by atoms with E-state index < -0.39 is 5.97 Å². The van der Waals surface area contributed by atoms with Crippen LogP contribution in [0.5, 0.6) is 5.75 Å². The SMILES string of the molecule is CCOC(=O)c1c(C(CCc2ccccc2)=S=O)n(C2CC2)c2cc(Br)c(O)c(Cn3ccnc3)c12. The van der Waals surface area contributed by atoms with Crippen molar-refractivity contribution in [3.8, 4) is 5.75 Å². The Morgan fingerprint density at radius 2 is 2.06 bits per heavy atom. The molecule has 0 unspecified atom stereocenters. The van der Waals surface area contributed by atoms with Crippen LogP contribution >= 0.6 is 15.9 Å². The van der Waals surface area contributed by atoms with E-state index in [-0.39, 0.29) is 18.4 Å². The Morgan fingerprint density at radius 1 is 1.28 bits per heavy atom. The van der Waals surface area contributed by atoms with E-state index in [1.54, 1.807) is 25.6 Å². The number of esters is 1. The van der Waals surface area contributed by atoms with Crippen LogP contribution in [0.15, 0.2) is 59.6 Å². The molecule has 4 aromatic rings. The molecule has 1 aliphatic rings. The molecule has 2 aromatic heterocycles. The van der Waals surface area contributed by atoms with Crippen molar-refractivity contribution < 1.29 is 18.8 Å². The van der Waals surface area contributed by atoms with Gasteiger partial charge in [-0.05, 0) is 60.2 Å². The molecule has 9 heteroatoms. The molecule has 5 rings (SSSR count). The maximum atomic E-state index is 13.5. The van der Waals surface area contributed by atoms with Gasteiger partial charge in [-0.15, -0.1) is 0 Å². The van der Waals surface area contributed by atoms with Crippen molar-refractivity contribution >= 4 is 48.9 Å². The summed E-state index contributed by atoms with van der Waals surface area (Å²) in [5.74, 6) is -0.432. The number of fused-ring (bicyclic) bond motifs is 1. The average molecular weight is 568 g/mol. The highest BCUT2D eigenvalue weighted by atomic mass is 79.9. The van der Waals surface area contributed by atoms with E-state index in [0.29, 0.717) is 62.2 Å². The number of aromatic nitrogens is 3. The first kappa shape index (κ1) is 24.5. The fourth-order valence-electron chi connectivity index (χ4n) is 4.71. The van der Waals surface area contributed by atoms with Gasteiger partial charge in [0.1, 0.15) is 5.75 Å². The summed E-state index contributed by atoms with van der Waals surface area (Å²) in [6.07, 6.45) is 8.24. The molecule has 0 saturated heterocycles. The summed E-state index contributed by atoms with van der Waals surface area (Å²) in [7, 11) is 0. The van der Waals surface area contributed by atoms with Crippen molar-refractivity contribution in [2.24, 2.45) is 0 Å². The number of halogens is 1. The summed E-state index contributed by atoms with van der Waals surface area (Å²) >= 11 is 3.95. The number of hydrogen-bond acceptors (Lipinski definition) is 5. The van der Waals surface area contributed by atoms with Crippen molar-refractivity contribution in [1.82, 2.24) is 14.1 Å². The van der Waals surface area contributed by atoms with E-state index in [2.05, 4.69) is 25.5 Å². The number of imidazole rings is 1. The van der Waals surface area contributed by atoms with E-state index in [1.807, 2.05) is 41.0 Å². The number of ether oxygens (including phenoxy) is 1. The molecule has 7 nitrogen and oxygen atoms in total. The molecule has 36 heavy (non-hydrogen) atoms. The highest BCUT2D eigenvalue weighted by Gasteiger charge is 2.36. The second-order valence-electron chi connectivity index (χ2n) is 8.85. The summed E-state index contributed by atoms with van der Waals surface area (Å²) in [5.41, 5.74) is 3.48.